The summed E-state index contributed by atoms with van der Waals surface area (Å²) in [6, 6.07) is 7.86. The van der Waals surface area contributed by atoms with Crippen molar-refractivity contribution in [1.82, 2.24) is 4.98 Å². The van der Waals surface area contributed by atoms with E-state index >= 15 is 0 Å². The molecule has 9 nitrogen and oxygen atoms in total. The molecule has 0 radical (unpaired) electrons. The van der Waals surface area contributed by atoms with Crippen molar-refractivity contribution in [3.63, 3.8) is 0 Å². The van der Waals surface area contributed by atoms with Gasteiger partial charge in [-0.15, -0.1) is 0 Å². The van der Waals surface area contributed by atoms with E-state index in [0.29, 0.717) is 24.3 Å². The van der Waals surface area contributed by atoms with Crippen LogP contribution < -0.4 is 21.7 Å². The van der Waals surface area contributed by atoms with Gasteiger partial charge in [0.05, 0.1) is 17.8 Å². The van der Waals surface area contributed by atoms with Gasteiger partial charge in [-0.1, -0.05) is 13.0 Å². The Labute approximate surface area is 168 Å². The van der Waals surface area contributed by atoms with Crippen molar-refractivity contribution < 1.29 is 9.18 Å². The number of hydrogen-bond donors (Lipinski definition) is 4. The number of likely N-dealkylation sites (N-methyl/N-ethyl adjacent to an activating group) is 1. The lowest BCUT2D eigenvalue weighted by molar-refractivity contribution is 0.100. The molecule has 0 aliphatic heterocycles. The van der Waals surface area contributed by atoms with Crippen LogP contribution in [-0.4, -0.2) is 43.3 Å². The molecule has 0 bridgehead atoms. The van der Waals surface area contributed by atoms with Crippen LogP contribution >= 0.6 is 0 Å². The molecule has 1 unspecified atom stereocenters. The highest BCUT2D eigenvalue weighted by atomic mass is 19.1. The zero-order valence-corrected chi connectivity index (χ0v) is 16.4. The fourth-order valence-electron chi connectivity index (χ4n) is 2.73. The van der Waals surface area contributed by atoms with Gasteiger partial charge in [-0.05, 0) is 30.7 Å². The van der Waals surface area contributed by atoms with Gasteiger partial charge in [0.15, 0.2) is 11.6 Å². The first-order valence-corrected chi connectivity index (χ1v) is 9.08. The molecule has 6 N–H and O–H groups in total. The van der Waals surface area contributed by atoms with Crippen LogP contribution in [0.2, 0.25) is 0 Å². The monoisotopic (exact) mass is 400 g/mol. The number of primary amides is 1. The van der Waals surface area contributed by atoms with Crippen molar-refractivity contribution in [2.45, 2.75) is 19.4 Å². The average Bonchev–Trinajstić information content (AvgIpc) is 2.70. The van der Waals surface area contributed by atoms with E-state index in [-0.39, 0.29) is 29.8 Å². The van der Waals surface area contributed by atoms with Gasteiger partial charge in [0.2, 0.25) is 0 Å². The molecule has 0 saturated carbocycles. The summed E-state index contributed by atoms with van der Waals surface area (Å²) in [4.78, 5) is 17.8. The standard InChI is InChI=1S/C19H25FN8O/c1-3-14(11-22)28(2)19-16(20)10-15(17(23)29)18(26-19)25-12-5-4-6-13(9-12)27-24-8-7-21/h4-7,9-10,14,21H,3,8,11,22H2,1-2H3,(H2,23,29)(H,25,26). The second kappa shape index (κ2) is 10.2. The lowest BCUT2D eigenvalue weighted by Gasteiger charge is -2.28. The highest BCUT2D eigenvalue weighted by Gasteiger charge is 2.21. The maximum absolute atomic E-state index is 14.6. The second-order valence-corrected chi connectivity index (χ2v) is 6.27. The minimum absolute atomic E-state index is 0.0663. The number of carbonyl (C=O) groups is 1. The van der Waals surface area contributed by atoms with Crippen LogP contribution in [0.5, 0.6) is 0 Å². The third kappa shape index (κ3) is 5.55. The highest BCUT2D eigenvalue weighted by molar-refractivity contribution is 5.98. The fraction of sp³-hybridized carbons (Fsp3) is 0.316. The molecule has 2 rings (SSSR count). The van der Waals surface area contributed by atoms with E-state index in [1.807, 2.05) is 6.92 Å². The molecule has 1 heterocycles. The number of aromatic nitrogens is 1. The van der Waals surface area contributed by atoms with E-state index in [0.717, 1.165) is 12.3 Å². The molecule has 154 valence electrons. The Morgan fingerprint density at radius 2 is 2.21 bits per heavy atom. The van der Waals surface area contributed by atoms with Crippen LogP contribution in [0.3, 0.4) is 0 Å². The Morgan fingerprint density at radius 3 is 2.83 bits per heavy atom. The predicted molar refractivity (Wildman–Crippen MR) is 112 cm³/mol. The number of nitrogens with zero attached hydrogens (tertiary/aromatic N) is 4. The van der Waals surface area contributed by atoms with Crippen molar-refractivity contribution in [2.75, 3.05) is 30.4 Å². The first-order chi connectivity index (χ1) is 13.9. The van der Waals surface area contributed by atoms with Gasteiger partial charge in [0.1, 0.15) is 5.82 Å². The average molecular weight is 400 g/mol. The van der Waals surface area contributed by atoms with Gasteiger partial charge >= 0.3 is 0 Å². The zero-order chi connectivity index (χ0) is 21.4. The molecule has 2 aromatic rings. The third-order valence-corrected chi connectivity index (χ3v) is 4.32. The minimum Gasteiger partial charge on any atom is -0.365 e. The summed E-state index contributed by atoms with van der Waals surface area (Å²) in [5.74, 6) is -1.27. The molecule has 10 heteroatoms. The van der Waals surface area contributed by atoms with Gasteiger partial charge in [-0.2, -0.15) is 10.2 Å². The highest BCUT2D eigenvalue weighted by Crippen LogP contribution is 2.28. The van der Waals surface area contributed by atoms with E-state index in [1.54, 1.807) is 36.2 Å². The number of benzene rings is 1. The number of azo groups is 1. The summed E-state index contributed by atoms with van der Waals surface area (Å²) in [5.41, 5.74) is 12.2. The Balaban J connectivity index is 2.43. The molecule has 29 heavy (non-hydrogen) atoms. The maximum atomic E-state index is 14.6. The van der Waals surface area contributed by atoms with Gasteiger partial charge in [0.25, 0.3) is 5.91 Å². The Bertz CT molecular complexity index is 898. The molecule has 0 spiro atoms. The van der Waals surface area contributed by atoms with E-state index in [1.165, 1.54) is 0 Å². The van der Waals surface area contributed by atoms with Crippen LogP contribution in [0.1, 0.15) is 23.7 Å². The lowest BCUT2D eigenvalue weighted by Crippen LogP contribution is -2.38. The van der Waals surface area contributed by atoms with E-state index < -0.39 is 11.7 Å². The summed E-state index contributed by atoms with van der Waals surface area (Å²) < 4.78 is 14.6. The molecule has 0 aliphatic carbocycles. The van der Waals surface area contributed by atoms with Gasteiger partial charge in [-0.25, -0.2) is 9.37 Å². The van der Waals surface area contributed by atoms with E-state index in [4.69, 9.17) is 16.9 Å². The molecular weight excluding hydrogens is 375 g/mol. The fourth-order valence-corrected chi connectivity index (χ4v) is 2.73. The molecule has 1 aromatic heterocycles. The van der Waals surface area contributed by atoms with Gasteiger partial charge in [0, 0.05) is 31.5 Å². The van der Waals surface area contributed by atoms with Crippen LogP contribution in [0, 0.1) is 11.2 Å². The normalized spacial score (nSPS) is 12.0. The van der Waals surface area contributed by atoms with Crippen LogP contribution in [0.15, 0.2) is 40.6 Å². The van der Waals surface area contributed by atoms with Crippen LogP contribution in [-0.2, 0) is 0 Å². The molecule has 0 aliphatic rings. The summed E-state index contributed by atoms with van der Waals surface area (Å²) in [5, 5.41) is 17.8. The molecular formula is C19H25FN8O. The molecule has 0 saturated heterocycles. The van der Waals surface area contributed by atoms with E-state index in [2.05, 4.69) is 20.5 Å². The number of nitrogens with two attached hydrogens (primary N) is 2. The second-order valence-electron chi connectivity index (χ2n) is 6.27. The zero-order valence-electron chi connectivity index (χ0n) is 16.4. The van der Waals surface area contributed by atoms with Gasteiger partial charge in [-0.3, -0.25) is 4.79 Å². The molecule has 0 fully saturated rings. The van der Waals surface area contributed by atoms with Crippen LogP contribution in [0.25, 0.3) is 0 Å². The number of rotatable bonds is 10. The maximum Gasteiger partial charge on any atom is 0.252 e. The summed E-state index contributed by atoms with van der Waals surface area (Å²) in [6.45, 7) is 2.46. The number of carbonyl (C=O) groups excluding carboxylic acids is 1. The van der Waals surface area contributed by atoms with Crippen molar-refractivity contribution >= 4 is 35.1 Å². The van der Waals surface area contributed by atoms with Gasteiger partial charge < -0.3 is 27.1 Å². The number of nitrogens with one attached hydrogen (secondary N) is 2. The number of amides is 1. The third-order valence-electron chi connectivity index (χ3n) is 4.32. The van der Waals surface area contributed by atoms with Crippen molar-refractivity contribution in [3.05, 3.63) is 41.7 Å². The largest absolute Gasteiger partial charge is 0.365 e. The minimum atomic E-state index is -0.805. The lowest BCUT2D eigenvalue weighted by atomic mass is 10.1. The number of hydrogen-bond acceptors (Lipinski definition) is 8. The Morgan fingerprint density at radius 1 is 1.45 bits per heavy atom. The number of anilines is 3. The first kappa shape index (κ1) is 21.9. The van der Waals surface area contributed by atoms with Crippen molar-refractivity contribution in [2.24, 2.45) is 21.7 Å². The van der Waals surface area contributed by atoms with Crippen LogP contribution in [0.4, 0.5) is 27.4 Å². The quantitative estimate of drug-likeness (QED) is 0.358. The Kier molecular flexibility index (Phi) is 7.72. The number of halogens is 1. The SMILES string of the molecule is CCC(CN)N(C)c1nc(Nc2cccc(N=NCC=N)c2)c(C(N)=O)cc1F. The summed E-state index contributed by atoms with van der Waals surface area (Å²) in [7, 11) is 1.70. The first-order valence-electron chi connectivity index (χ1n) is 9.08. The van der Waals surface area contributed by atoms with Crippen molar-refractivity contribution in [3.8, 4) is 0 Å². The molecule has 1 amide bonds. The predicted octanol–water partition coefficient (Wildman–Crippen LogP) is 2.97. The summed E-state index contributed by atoms with van der Waals surface area (Å²) >= 11 is 0. The smallest absolute Gasteiger partial charge is 0.252 e. The summed E-state index contributed by atoms with van der Waals surface area (Å²) in [6.07, 6.45) is 1.84. The van der Waals surface area contributed by atoms with E-state index in [9.17, 15) is 9.18 Å². The topological polar surface area (TPSA) is 146 Å². The Hall–Kier alpha value is -3.40. The van der Waals surface area contributed by atoms with Crippen molar-refractivity contribution in [1.29, 1.82) is 5.41 Å². The molecule has 1 atom stereocenters. The molecule has 1 aromatic carbocycles. The number of pyridine rings is 1.